The summed E-state index contributed by atoms with van der Waals surface area (Å²) in [5.74, 6) is 0.0269. The van der Waals surface area contributed by atoms with Crippen LogP contribution in [0, 0.1) is 12.3 Å². The number of carbonyl (C=O) groups is 3. The van der Waals surface area contributed by atoms with E-state index in [2.05, 4.69) is 15.8 Å². The molecule has 1 aromatic carbocycles. The predicted octanol–water partition coefficient (Wildman–Crippen LogP) is 3.69. The van der Waals surface area contributed by atoms with Crippen LogP contribution < -0.4 is 20.4 Å². The number of likely N-dealkylation sites (N-methyl/N-ethyl adjacent to an activating group) is 1. The van der Waals surface area contributed by atoms with E-state index < -0.39 is 11.4 Å². The minimum atomic E-state index is -1.15. The molecular formula is C26H36N6O4S. The number of hydrazone groups is 1. The maximum atomic E-state index is 13.8. The average molecular weight is 529 g/mol. The van der Waals surface area contributed by atoms with Gasteiger partial charge in [0.1, 0.15) is 21.3 Å². The highest BCUT2D eigenvalue weighted by Crippen LogP contribution is 2.41. The van der Waals surface area contributed by atoms with Crippen LogP contribution in [0.5, 0.6) is 5.75 Å². The minimum Gasteiger partial charge on any atom is -0.496 e. The molecule has 0 atom stereocenters. The van der Waals surface area contributed by atoms with E-state index in [1.165, 1.54) is 27.4 Å². The number of hydrogen-bond donors (Lipinski definition) is 3. The van der Waals surface area contributed by atoms with E-state index in [0.29, 0.717) is 46.3 Å². The van der Waals surface area contributed by atoms with Crippen molar-refractivity contribution >= 4 is 52.0 Å². The molecule has 1 heterocycles. The first-order valence-corrected chi connectivity index (χ1v) is 12.7. The zero-order chi connectivity index (χ0) is 27.8. The molecule has 2 rings (SSSR count). The van der Waals surface area contributed by atoms with E-state index in [4.69, 9.17) is 10.1 Å². The number of thiophene rings is 1. The van der Waals surface area contributed by atoms with Gasteiger partial charge in [0, 0.05) is 31.4 Å². The number of nitrogens with zero attached hydrogens (tertiary/aromatic N) is 3. The quantitative estimate of drug-likeness (QED) is 0.208. The van der Waals surface area contributed by atoms with Gasteiger partial charge in [-0.3, -0.25) is 19.8 Å². The SMILES string of the molecule is COc1ccccc1CCN(C=O)c1sc(N/N=C\C=N)c(C)c1C(=O)N(C)C(C)(C)C(=O)NC(C)C. The molecule has 200 valence electrons. The van der Waals surface area contributed by atoms with Gasteiger partial charge in [-0.2, -0.15) is 5.10 Å². The topological polar surface area (TPSA) is 127 Å². The molecule has 37 heavy (non-hydrogen) atoms. The maximum absolute atomic E-state index is 13.8. The highest BCUT2D eigenvalue weighted by Gasteiger charge is 2.38. The van der Waals surface area contributed by atoms with Crippen LogP contribution in [0.1, 0.15) is 49.2 Å². The molecule has 0 saturated heterocycles. The lowest BCUT2D eigenvalue weighted by Gasteiger charge is -2.35. The number of rotatable bonds is 13. The smallest absolute Gasteiger partial charge is 0.257 e. The van der Waals surface area contributed by atoms with Crippen molar-refractivity contribution in [2.75, 3.05) is 31.0 Å². The molecule has 0 fully saturated rings. The first-order chi connectivity index (χ1) is 17.5. The third kappa shape index (κ3) is 6.94. The molecule has 0 aliphatic carbocycles. The standard InChI is InChI=1S/C26H36N6O4S/c1-17(2)29-25(35)26(4,5)31(6)23(34)21-18(3)22(30-28-14-13-27)37-24(21)32(16-33)15-12-19-10-8-9-11-20(19)36-7/h8-11,13-14,16-17,27,30H,12,15H2,1-7H3,(H,29,35)/b27-13?,28-14-. The van der Waals surface area contributed by atoms with Crippen LogP contribution in [0.15, 0.2) is 29.4 Å². The lowest BCUT2D eigenvalue weighted by atomic mass is 9.99. The number of methoxy groups -OCH3 is 1. The fourth-order valence-electron chi connectivity index (χ4n) is 3.56. The van der Waals surface area contributed by atoms with Gasteiger partial charge in [0.15, 0.2) is 0 Å². The van der Waals surface area contributed by atoms with E-state index in [-0.39, 0.29) is 11.9 Å². The van der Waals surface area contributed by atoms with Gasteiger partial charge in [0.25, 0.3) is 5.91 Å². The number of anilines is 2. The highest BCUT2D eigenvalue weighted by molar-refractivity contribution is 7.20. The van der Waals surface area contributed by atoms with Gasteiger partial charge in [-0.15, -0.1) is 0 Å². The van der Waals surface area contributed by atoms with Crippen molar-refractivity contribution in [3.8, 4) is 5.75 Å². The maximum Gasteiger partial charge on any atom is 0.257 e. The Bertz CT molecular complexity index is 1160. The van der Waals surface area contributed by atoms with E-state index in [9.17, 15) is 14.4 Å². The molecule has 0 spiro atoms. The van der Waals surface area contributed by atoms with Crippen LogP contribution in [0.4, 0.5) is 10.0 Å². The molecule has 0 unspecified atom stereocenters. The molecule has 0 bridgehead atoms. The normalized spacial score (nSPS) is 11.4. The summed E-state index contributed by atoms with van der Waals surface area (Å²) >= 11 is 1.21. The second-order valence-corrected chi connectivity index (χ2v) is 10.2. The van der Waals surface area contributed by atoms with E-state index in [0.717, 1.165) is 11.8 Å². The van der Waals surface area contributed by atoms with Crippen LogP contribution in [0.2, 0.25) is 0 Å². The summed E-state index contributed by atoms with van der Waals surface area (Å²) in [6.07, 6.45) is 3.49. The second kappa shape index (κ2) is 13.0. The molecule has 1 aromatic heterocycles. The fourth-order valence-corrected chi connectivity index (χ4v) is 4.70. The van der Waals surface area contributed by atoms with Crippen molar-refractivity contribution in [3.05, 3.63) is 41.0 Å². The van der Waals surface area contributed by atoms with Gasteiger partial charge in [-0.1, -0.05) is 29.5 Å². The molecule has 3 amide bonds. The Labute approximate surface area is 222 Å². The van der Waals surface area contributed by atoms with Gasteiger partial charge in [0.05, 0.1) is 18.9 Å². The van der Waals surface area contributed by atoms with Gasteiger partial charge < -0.3 is 25.3 Å². The van der Waals surface area contributed by atoms with Crippen molar-refractivity contribution in [2.45, 2.75) is 52.6 Å². The van der Waals surface area contributed by atoms with E-state index >= 15 is 0 Å². The lowest BCUT2D eigenvalue weighted by molar-refractivity contribution is -0.130. The van der Waals surface area contributed by atoms with Crippen molar-refractivity contribution in [2.24, 2.45) is 5.10 Å². The number of nitrogens with one attached hydrogen (secondary N) is 3. The van der Waals surface area contributed by atoms with Gasteiger partial charge in [-0.05, 0) is 52.7 Å². The van der Waals surface area contributed by atoms with Gasteiger partial charge in [0.2, 0.25) is 12.3 Å². The fraction of sp³-hybridized carbons (Fsp3) is 0.423. The van der Waals surface area contributed by atoms with E-state index in [1.807, 2.05) is 38.1 Å². The Morgan fingerprint density at radius 1 is 1.27 bits per heavy atom. The van der Waals surface area contributed by atoms with Crippen LogP contribution in [0.25, 0.3) is 0 Å². The predicted molar refractivity (Wildman–Crippen MR) is 150 cm³/mol. The monoisotopic (exact) mass is 528 g/mol. The minimum absolute atomic E-state index is 0.0863. The highest BCUT2D eigenvalue weighted by atomic mass is 32.1. The molecule has 0 aliphatic rings. The summed E-state index contributed by atoms with van der Waals surface area (Å²) in [5.41, 5.74) is 3.52. The average Bonchev–Trinajstić information content (AvgIpc) is 3.19. The van der Waals surface area contributed by atoms with E-state index in [1.54, 1.807) is 34.9 Å². The molecule has 0 aliphatic heterocycles. The van der Waals surface area contributed by atoms with Crippen molar-refractivity contribution < 1.29 is 19.1 Å². The summed E-state index contributed by atoms with van der Waals surface area (Å²) in [7, 11) is 3.17. The molecule has 0 saturated carbocycles. The van der Waals surface area contributed by atoms with Gasteiger partial charge >= 0.3 is 0 Å². The summed E-state index contributed by atoms with van der Waals surface area (Å²) in [5, 5.41) is 15.0. The second-order valence-electron chi connectivity index (χ2n) is 9.20. The Balaban J connectivity index is 2.50. The summed E-state index contributed by atoms with van der Waals surface area (Å²) in [6.45, 7) is 9.12. The number of ether oxygens (including phenoxy) is 1. The summed E-state index contributed by atoms with van der Waals surface area (Å²) in [4.78, 5) is 41.9. The largest absolute Gasteiger partial charge is 0.496 e. The van der Waals surface area contributed by atoms with Crippen molar-refractivity contribution in [1.82, 2.24) is 10.2 Å². The molecule has 10 nitrogen and oxygen atoms in total. The number of carbonyl (C=O) groups excluding carboxylic acids is 3. The van der Waals surface area contributed by atoms with Crippen LogP contribution in [-0.2, 0) is 16.0 Å². The molecule has 3 N–H and O–H groups in total. The van der Waals surface area contributed by atoms with Crippen LogP contribution >= 0.6 is 11.3 Å². The van der Waals surface area contributed by atoms with Crippen LogP contribution in [-0.4, -0.2) is 67.8 Å². The zero-order valence-corrected chi connectivity index (χ0v) is 23.2. The first-order valence-electron chi connectivity index (χ1n) is 11.8. The number of hydrogen-bond acceptors (Lipinski definition) is 8. The third-order valence-corrected chi connectivity index (χ3v) is 7.21. The molecule has 2 aromatic rings. The number of amides is 3. The summed E-state index contributed by atoms with van der Waals surface area (Å²) in [6, 6.07) is 7.47. The number of benzene rings is 1. The molecular weight excluding hydrogens is 492 g/mol. The third-order valence-electron chi connectivity index (χ3n) is 5.98. The summed E-state index contributed by atoms with van der Waals surface area (Å²) < 4.78 is 5.43. The van der Waals surface area contributed by atoms with Crippen LogP contribution in [0.3, 0.4) is 0 Å². The Hall–Kier alpha value is -3.73. The molecule has 11 heteroatoms. The number of para-hydroxylation sites is 1. The van der Waals surface area contributed by atoms with Crippen molar-refractivity contribution in [1.29, 1.82) is 5.41 Å². The van der Waals surface area contributed by atoms with Gasteiger partial charge in [-0.25, -0.2) is 0 Å². The van der Waals surface area contributed by atoms with Crippen molar-refractivity contribution in [3.63, 3.8) is 0 Å². The first kappa shape index (κ1) is 29.5. The molecule has 0 radical (unpaired) electrons. The zero-order valence-electron chi connectivity index (χ0n) is 22.4. The Morgan fingerprint density at radius 2 is 1.95 bits per heavy atom. The Morgan fingerprint density at radius 3 is 2.54 bits per heavy atom. The Kier molecular flexibility index (Phi) is 10.4. The lowest BCUT2D eigenvalue weighted by Crippen LogP contribution is -2.56.